The number of nitrogens with one attached hydrogen (secondary N) is 1. The van der Waals surface area contributed by atoms with Crippen LogP contribution in [0, 0.1) is 0 Å². The minimum absolute atomic E-state index is 0.0795. The molecule has 1 aromatic carbocycles. The first-order valence-electron chi connectivity index (χ1n) is 7.38. The van der Waals surface area contributed by atoms with Crippen LogP contribution in [-0.4, -0.2) is 24.9 Å². The summed E-state index contributed by atoms with van der Waals surface area (Å²) in [6.07, 6.45) is 1.06. The molecule has 5 heteroatoms. The zero-order valence-corrected chi connectivity index (χ0v) is 13.4. The van der Waals surface area contributed by atoms with Gasteiger partial charge in [-0.15, -0.1) is 0 Å². The lowest BCUT2D eigenvalue weighted by molar-refractivity contribution is -0.118. The molecule has 0 unspecified atom stereocenters. The van der Waals surface area contributed by atoms with Crippen molar-refractivity contribution < 1.29 is 9.59 Å². The molecular formula is C17H20N2O2S. The van der Waals surface area contributed by atoms with E-state index in [1.54, 1.807) is 11.0 Å². The molecule has 2 aromatic rings. The highest BCUT2D eigenvalue weighted by Crippen LogP contribution is 2.14. The van der Waals surface area contributed by atoms with Crippen molar-refractivity contribution in [1.29, 1.82) is 0 Å². The molecule has 116 valence electrons. The minimum Gasteiger partial charge on any atom is -0.352 e. The highest BCUT2D eigenvalue weighted by molar-refractivity contribution is 7.08. The number of benzene rings is 1. The van der Waals surface area contributed by atoms with Crippen LogP contribution in [0.4, 0.5) is 5.69 Å². The summed E-state index contributed by atoms with van der Waals surface area (Å²) >= 11 is 1.49. The van der Waals surface area contributed by atoms with Crippen molar-refractivity contribution in [1.82, 2.24) is 5.32 Å². The summed E-state index contributed by atoms with van der Waals surface area (Å²) in [5.41, 5.74) is 1.59. The van der Waals surface area contributed by atoms with Crippen molar-refractivity contribution in [2.45, 2.75) is 19.8 Å². The number of carbonyl (C=O) groups is 2. The van der Waals surface area contributed by atoms with Crippen LogP contribution >= 0.6 is 11.3 Å². The molecule has 1 heterocycles. The van der Waals surface area contributed by atoms with E-state index in [2.05, 4.69) is 5.32 Å². The third-order valence-electron chi connectivity index (χ3n) is 3.32. The van der Waals surface area contributed by atoms with Crippen molar-refractivity contribution in [3.63, 3.8) is 0 Å². The normalized spacial score (nSPS) is 10.2. The number of nitrogens with zero attached hydrogens (tertiary/aromatic N) is 1. The maximum atomic E-state index is 12.3. The SMILES string of the molecule is CCN(C(=O)CCCNC(=O)c1ccsc1)c1ccccc1. The van der Waals surface area contributed by atoms with E-state index < -0.39 is 0 Å². The Kier molecular flexibility index (Phi) is 6.15. The van der Waals surface area contributed by atoms with Crippen LogP contribution in [-0.2, 0) is 4.79 Å². The molecule has 1 N–H and O–H groups in total. The third-order valence-corrected chi connectivity index (χ3v) is 4.00. The Morgan fingerprint density at radius 2 is 1.95 bits per heavy atom. The van der Waals surface area contributed by atoms with Crippen LogP contribution in [0.5, 0.6) is 0 Å². The number of hydrogen-bond donors (Lipinski definition) is 1. The molecule has 22 heavy (non-hydrogen) atoms. The van der Waals surface area contributed by atoms with Gasteiger partial charge in [0.1, 0.15) is 0 Å². The molecule has 0 saturated heterocycles. The van der Waals surface area contributed by atoms with Gasteiger partial charge in [0.2, 0.25) is 5.91 Å². The van der Waals surface area contributed by atoms with Crippen molar-refractivity contribution in [2.24, 2.45) is 0 Å². The number of anilines is 1. The van der Waals surface area contributed by atoms with Gasteiger partial charge in [-0.25, -0.2) is 0 Å². The largest absolute Gasteiger partial charge is 0.352 e. The summed E-state index contributed by atoms with van der Waals surface area (Å²) in [5, 5.41) is 6.52. The Morgan fingerprint density at radius 1 is 1.18 bits per heavy atom. The van der Waals surface area contributed by atoms with E-state index in [1.807, 2.05) is 48.0 Å². The number of hydrogen-bond acceptors (Lipinski definition) is 3. The topological polar surface area (TPSA) is 49.4 Å². The second-order valence-electron chi connectivity index (χ2n) is 4.85. The lowest BCUT2D eigenvalue weighted by atomic mass is 10.2. The molecular weight excluding hydrogens is 296 g/mol. The van der Waals surface area contributed by atoms with E-state index in [4.69, 9.17) is 0 Å². The van der Waals surface area contributed by atoms with Crippen molar-refractivity contribution in [3.05, 3.63) is 52.7 Å². The molecule has 0 fully saturated rings. The number of thiophene rings is 1. The molecule has 0 spiro atoms. The first-order valence-corrected chi connectivity index (χ1v) is 8.32. The van der Waals surface area contributed by atoms with Crippen LogP contribution in [0.1, 0.15) is 30.1 Å². The fraction of sp³-hybridized carbons (Fsp3) is 0.294. The van der Waals surface area contributed by atoms with Gasteiger partial charge < -0.3 is 10.2 Å². The smallest absolute Gasteiger partial charge is 0.252 e. The molecule has 0 aliphatic rings. The predicted molar refractivity (Wildman–Crippen MR) is 90.4 cm³/mol. The first-order chi connectivity index (χ1) is 10.7. The fourth-order valence-corrected chi connectivity index (χ4v) is 2.82. The molecule has 4 nitrogen and oxygen atoms in total. The standard InChI is InChI=1S/C17H20N2O2S/c1-2-19(15-7-4-3-5-8-15)16(20)9-6-11-18-17(21)14-10-12-22-13-14/h3-5,7-8,10,12-13H,2,6,9,11H2,1H3,(H,18,21). The summed E-state index contributed by atoms with van der Waals surface area (Å²) in [4.78, 5) is 25.8. The van der Waals surface area contributed by atoms with Gasteiger partial charge in [0.15, 0.2) is 0 Å². The lowest BCUT2D eigenvalue weighted by Gasteiger charge is -2.21. The second kappa shape index (κ2) is 8.34. The molecule has 0 aliphatic heterocycles. The highest BCUT2D eigenvalue weighted by Gasteiger charge is 2.13. The number of para-hydroxylation sites is 1. The minimum atomic E-state index is -0.0795. The van der Waals surface area contributed by atoms with E-state index in [-0.39, 0.29) is 11.8 Å². The van der Waals surface area contributed by atoms with E-state index in [1.165, 1.54) is 11.3 Å². The zero-order chi connectivity index (χ0) is 15.8. The average molecular weight is 316 g/mol. The third kappa shape index (κ3) is 4.43. The van der Waals surface area contributed by atoms with Crippen LogP contribution in [0.3, 0.4) is 0 Å². The van der Waals surface area contributed by atoms with Crippen molar-refractivity contribution in [3.8, 4) is 0 Å². The maximum absolute atomic E-state index is 12.3. The Bertz CT molecular complexity index is 596. The van der Waals surface area contributed by atoms with Gasteiger partial charge in [-0.1, -0.05) is 18.2 Å². The van der Waals surface area contributed by atoms with E-state index in [0.29, 0.717) is 31.5 Å². The van der Waals surface area contributed by atoms with Gasteiger partial charge in [0, 0.05) is 36.1 Å². The van der Waals surface area contributed by atoms with Gasteiger partial charge in [-0.05, 0) is 36.9 Å². The van der Waals surface area contributed by atoms with Crippen molar-refractivity contribution in [2.75, 3.05) is 18.0 Å². The Hall–Kier alpha value is -2.14. The molecule has 0 aliphatic carbocycles. The summed E-state index contributed by atoms with van der Waals surface area (Å²) in [5.74, 6) is 0.00240. The van der Waals surface area contributed by atoms with Gasteiger partial charge in [-0.3, -0.25) is 9.59 Å². The Labute approximate surface area is 134 Å². The first kappa shape index (κ1) is 16.2. The van der Waals surface area contributed by atoms with E-state index in [9.17, 15) is 9.59 Å². The molecule has 0 radical (unpaired) electrons. The van der Waals surface area contributed by atoms with Crippen LogP contribution in [0.25, 0.3) is 0 Å². The number of carbonyl (C=O) groups excluding carboxylic acids is 2. The van der Waals surface area contributed by atoms with E-state index >= 15 is 0 Å². The zero-order valence-electron chi connectivity index (χ0n) is 12.6. The fourth-order valence-electron chi connectivity index (χ4n) is 2.18. The summed E-state index contributed by atoms with van der Waals surface area (Å²) in [7, 11) is 0. The predicted octanol–water partition coefficient (Wildman–Crippen LogP) is 3.31. The lowest BCUT2D eigenvalue weighted by Crippen LogP contribution is -2.31. The highest BCUT2D eigenvalue weighted by atomic mass is 32.1. The molecule has 1 aromatic heterocycles. The molecule has 2 amide bonds. The van der Waals surface area contributed by atoms with Gasteiger partial charge in [0.05, 0.1) is 0 Å². The van der Waals surface area contributed by atoms with Crippen molar-refractivity contribution >= 4 is 28.8 Å². The van der Waals surface area contributed by atoms with Crippen LogP contribution in [0.15, 0.2) is 47.2 Å². The molecule has 0 bridgehead atoms. The summed E-state index contributed by atoms with van der Waals surface area (Å²) < 4.78 is 0. The van der Waals surface area contributed by atoms with Gasteiger partial charge >= 0.3 is 0 Å². The summed E-state index contributed by atoms with van der Waals surface area (Å²) in [6.45, 7) is 3.11. The van der Waals surface area contributed by atoms with Crippen LogP contribution < -0.4 is 10.2 Å². The molecule has 2 rings (SSSR count). The maximum Gasteiger partial charge on any atom is 0.252 e. The number of amides is 2. The van der Waals surface area contributed by atoms with E-state index in [0.717, 1.165) is 5.69 Å². The van der Waals surface area contributed by atoms with Gasteiger partial charge in [0.25, 0.3) is 5.91 Å². The van der Waals surface area contributed by atoms with Gasteiger partial charge in [-0.2, -0.15) is 11.3 Å². The van der Waals surface area contributed by atoms with Crippen LogP contribution in [0.2, 0.25) is 0 Å². The molecule has 0 saturated carbocycles. The Morgan fingerprint density at radius 3 is 2.59 bits per heavy atom. The average Bonchev–Trinajstić information content (AvgIpc) is 3.07. The Balaban J connectivity index is 1.76. The monoisotopic (exact) mass is 316 g/mol. The quantitative estimate of drug-likeness (QED) is 0.797. The number of rotatable bonds is 7. The summed E-state index contributed by atoms with van der Waals surface area (Å²) in [6, 6.07) is 11.4. The molecule has 0 atom stereocenters. The second-order valence-corrected chi connectivity index (χ2v) is 5.63.